The molecule has 0 atom stereocenters. The smallest absolute Gasteiger partial charge is 0.283 e. The van der Waals surface area contributed by atoms with E-state index >= 15 is 0 Å². The van der Waals surface area contributed by atoms with Gasteiger partial charge < -0.3 is 5.73 Å². The van der Waals surface area contributed by atoms with E-state index in [1.54, 1.807) is 0 Å². The van der Waals surface area contributed by atoms with Gasteiger partial charge in [-0.25, -0.2) is 8.78 Å². The molecule has 0 unspecified atom stereocenters. The first kappa shape index (κ1) is 12.9. The van der Waals surface area contributed by atoms with Gasteiger partial charge in [-0.1, -0.05) is 0 Å². The fourth-order valence-corrected chi connectivity index (χ4v) is 1.94. The maximum atomic E-state index is 13.9. The molecule has 2 aromatic rings. The van der Waals surface area contributed by atoms with Gasteiger partial charge in [0.15, 0.2) is 0 Å². The first-order valence-corrected chi connectivity index (χ1v) is 5.25. The van der Waals surface area contributed by atoms with E-state index < -0.39 is 22.2 Å². The molecule has 0 aliphatic rings. The molecule has 1 aromatic carbocycles. The zero-order chi connectivity index (χ0) is 14.3. The van der Waals surface area contributed by atoms with E-state index in [0.29, 0.717) is 17.8 Å². The normalized spacial score (nSPS) is 10.7. The number of nitrogen functional groups attached to an aromatic ring is 1. The first-order valence-electron chi connectivity index (χ1n) is 5.25. The number of nitrogens with two attached hydrogens (primary N) is 1. The molecule has 1 heterocycles. The van der Waals surface area contributed by atoms with Crippen LogP contribution in [0.25, 0.3) is 11.1 Å². The Morgan fingerprint density at radius 2 is 2.00 bits per heavy atom. The summed E-state index contributed by atoms with van der Waals surface area (Å²) < 4.78 is 28.3. The maximum absolute atomic E-state index is 13.9. The van der Waals surface area contributed by atoms with Gasteiger partial charge in [0.05, 0.1) is 22.2 Å². The lowest BCUT2D eigenvalue weighted by atomic mass is 10.0. The largest absolute Gasteiger partial charge is 0.383 e. The number of hydrogen-bond acceptors (Lipinski definition) is 4. The minimum Gasteiger partial charge on any atom is -0.383 e. The summed E-state index contributed by atoms with van der Waals surface area (Å²) in [6.45, 7) is 1.54. The standard InChI is InChI=1S/C11H10F2N4O2/c1-5-9(11(14)16(2)15-5)10-7(13)3-6(12)4-8(10)17(18)19/h3-4H,14H2,1-2H3. The Bertz CT molecular complexity index is 682. The number of nitro benzene ring substituents is 1. The van der Waals surface area contributed by atoms with Crippen molar-refractivity contribution in [2.75, 3.05) is 5.73 Å². The molecule has 0 aliphatic carbocycles. The Hall–Kier alpha value is -2.51. The van der Waals surface area contributed by atoms with Crippen LogP contribution in [0, 0.1) is 28.7 Å². The van der Waals surface area contributed by atoms with Crippen molar-refractivity contribution in [3.63, 3.8) is 0 Å². The zero-order valence-electron chi connectivity index (χ0n) is 10.1. The van der Waals surface area contributed by atoms with Crippen molar-refractivity contribution in [1.29, 1.82) is 0 Å². The van der Waals surface area contributed by atoms with Gasteiger partial charge in [-0.3, -0.25) is 14.8 Å². The molecule has 0 fully saturated rings. The Balaban J connectivity index is 2.85. The molecular weight excluding hydrogens is 258 g/mol. The molecule has 0 aliphatic heterocycles. The van der Waals surface area contributed by atoms with Gasteiger partial charge in [-0.15, -0.1) is 0 Å². The van der Waals surface area contributed by atoms with Crippen molar-refractivity contribution in [2.24, 2.45) is 7.05 Å². The molecule has 2 rings (SSSR count). The van der Waals surface area contributed by atoms with E-state index in [1.807, 2.05) is 0 Å². The van der Waals surface area contributed by atoms with Crippen molar-refractivity contribution in [1.82, 2.24) is 9.78 Å². The number of nitro groups is 1. The zero-order valence-corrected chi connectivity index (χ0v) is 10.1. The quantitative estimate of drug-likeness (QED) is 0.667. The topological polar surface area (TPSA) is 87.0 Å². The van der Waals surface area contributed by atoms with E-state index in [2.05, 4.69) is 5.10 Å². The van der Waals surface area contributed by atoms with Crippen LogP contribution in [0.3, 0.4) is 0 Å². The number of nitrogens with zero attached hydrogens (tertiary/aromatic N) is 3. The van der Waals surface area contributed by atoms with Gasteiger partial charge in [0.25, 0.3) is 5.69 Å². The average molecular weight is 268 g/mol. The fraction of sp³-hybridized carbons (Fsp3) is 0.182. The minimum atomic E-state index is -1.05. The third-order valence-electron chi connectivity index (χ3n) is 2.75. The highest BCUT2D eigenvalue weighted by Crippen LogP contribution is 2.38. The molecule has 0 radical (unpaired) electrons. The number of hydrogen-bond donors (Lipinski definition) is 1. The maximum Gasteiger partial charge on any atom is 0.283 e. The van der Waals surface area contributed by atoms with Gasteiger partial charge in [-0.05, 0) is 6.92 Å². The van der Waals surface area contributed by atoms with E-state index in [4.69, 9.17) is 5.73 Å². The summed E-state index contributed by atoms with van der Waals surface area (Å²) in [6, 6.07) is 1.23. The molecule has 0 saturated heterocycles. The molecule has 100 valence electrons. The highest BCUT2D eigenvalue weighted by atomic mass is 19.1. The van der Waals surface area contributed by atoms with Gasteiger partial charge in [0.1, 0.15) is 23.0 Å². The number of halogens is 2. The molecule has 2 N–H and O–H groups in total. The second-order valence-electron chi connectivity index (χ2n) is 4.01. The average Bonchev–Trinajstić information content (AvgIpc) is 2.53. The third-order valence-corrected chi connectivity index (χ3v) is 2.75. The van der Waals surface area contributed by atoms with Crippen LogP contribution >= 0.6 is 0 Å². The van der Waals surface area contributed by atoms with E-state index in [-0.39, 0.29) is 16.9 Å². The van der Waals surface area contributed by atoms with Crippen LogP contribution in [-0.2, 0) is 7.05 Å². The lowest BCUT2D eigenvalue weighted by molar-refractivity contribution is -0.384. The van der Waals surface area contributed by atoms with Crippen molar-refractivity contribution in [3.8, 4) is 11.1 Å². The van der Waals surface area contributed by atoms with Crippen LogP contribution in [0.5, 0.6) is 0 Å². The van der Waals surface area contributed by atoms with Crippen molar-refractivity contribution < 1.29 is 13.7 Å². The summed E-state index contributed by atoms with van der Waals surface area (Å²) >= 11 is 0. The second-order valence-corrected chi connectivity index (χ2v) is 4.01. The van der Waals surface area contributed by atoms with Gasteiger partial charge in [0.2, 0.25) is 0 Å². The summed E-state index contributed by atoms with van der Waals surface area (Å²) in [6.07, 6.45) is 0. The first-order chi connectivity index (χ1) is 8.82. The SMILES string of the molecule is Cc1nn(C)c(N)c1-c1c(F)cc(F)cc1[N+](=O)[O-]. The number of rotatable bonds is 2. The Morgan fingerprint density at radius 3 is 2.47 bits per heavy atom. The number of benzene rings is 1. The van der Waals surface area contributed by atoms with Crippen molar-refractivity contribution in [2.45, 2.75) is 6.92 Å². The van der Waals surface area contributed by atoms with Gasteiger partial charge >= 0.3 is 0 Å². The minimum absolute atomic E-state index is 0.0751. The highest BCUT2D eigenvalue weighted by Gasteiger charge is 2.27. The van der Waals surface area contributed by atoms with Gasteiger partial charge in [-0.2, -0.15) is 5.10 Å². The lowest BCUT2D eigenvalue weighted by Crippen LogP contribution is -2.01. The fourth-order valence-electron chi connectivity index (χ4n) is 1.94. The van der Waals surface area contributed by atoms with E-state index in [9.17, 15) is 18.9 Å². The van der Waals surface area contributed by atoms with E-state index in [1.165, 1.54) is 18.7 Å². The lowest BCUT2D eigenvalue weighted by Gasteiger charge is -2.05. The van der Waals surface area contributed by atoms with Crippen LogP contribution in [0.4, 0.5) is 20.3 Å². The van der Waals surface area contributed by atoms with Gasteiger partial charge in [0, 0.05) is 13.1 Å². The molecular formula is C11H10F2N4O2. The molecule has 0 amide bonds. The monoisotopic (exact) mass is 268 g/mol. The molecule has 0 bridgehead atoms. The second kappa shape index (κ2) is 4.30. The van der Waals surface area contributed by atoms with Crippen molar-refractivity contribution in [3.05, 3.63) is 39.6 Å². The predicted octanol–water partition coefficient (Wildman–Crippen LogP) is 2.16. The van der Waals surface area contributed by atoms with Crippen LogP contribution in [-0.4, -0.2) is 14.7 Å². The number of aromatic nitrogens is 2. The molecule has 1 aromatic heterocycles. The Kier molecular flexibility index (Phi) is 2.93. The van der Waals surface area contributed by atoms with E-state index in [0.717, 1.165) is 0 Å². The molecule has 19 heavy (non-hydrogen) atoms. The third kappa shape index (κ3) is 2.01. The van der Waals surface area contributed by atoms with Crippen LogP contribution < -0.4 is 5.73 Å². The molecule has 8 heteroatoms. The summed E-state index contributed by atoms with van der Waals surface area (Å²) in [4.78, 5) is 10.1. The highest BCUT2D eigenvalue weighted by molar-refractivity contribution is 5.83. The summed E-state index contributed by atoms with van der Waals surface area (Å²) in [7, 11) is 1.53. The molecule has 6 nitrogen and oxygen atoms in total. The van der Waals surface area contributed by atoms with Crippen LogP contribution in [0.15, 0.2) is 12.1 Å². The number of anilines is 1. The number of aryl methyl sites for hydroxylation is 2. The van der Waals surface area contributed by atoms with Crippen LogP contribution in [0.1, 0.15) is 5.69 Å². The van der Waals surface area contributed by atoms with Crippen LogP contribution in [0.2, 0.25) is 0 Å². The summed E-state index contributed by atoms with van der Waals surface area (Å²) in [5.74, 6) is -1.99. The summed E-state index contributed by atoms with van der Waals surface area (Å²) in [5, 5.41) is 14.9. The predicted molar refractivity (Wildman–Crippen MR) is 64.4 cm³/mol. The van der Waals surface area contributed by atoms with Crippen molar-refractivity contribution >= 4 is 11.5 Å². The molecule has 0 spiro atoms. The summed E-state index contributed by atoms with van der Waals surface area (Å²) in [5.41, 5.74) is 5.13. The Labute approximate surface area is 106 Å². The Morgan fingerprint density at radius 1 is 1.37 bits per heavy atom. The molecule has 0 saturated carbocycles.